The molecule has 28 heavy (non-hydrogen) atoms. The average Bonchev–Trinajstić information content (AvgIpc) is 3.07. The summed E-state index contributed by atoms with van der Waals surface area (Å²) in [4.78, 5) is 12.7. The lowest BCUT2D eigenvalue weighted by Crippen LogP contribution is -2.02. The number of anilines is 2. The van der Waals surface area contributed by atoms with Crippen LogP contribution in [-0.2, 0) is 0 Å². The number of pyridine rings is 1. The van der Waals surface area contributed by atoms with E-state index in [-0.39, 0.29) is 4.90 Å². The second-order valence-corrected chi connectivity index (χ2v) is 6.45. The number of benzene rings is 1. The molecule has 142 valence electrons. The molecule has 8 nitrogen and oxygen atoms in total. The Bertz CT molecular complexity index is 1170. The number of hydrogen-bond acceptors (Lipinski definition) is 8. The fraction of sp³-hybridized carbons (Fsp3) is 0.0588. The molecule has 0 radical (unpaired) electrons. The number of halogens is 2. The number of methoxy groups -OCH3 is 1. The van der Waals surface area contributed by atoms with Crippen LogP contribution in [0, 0.1) is 11.6 Å². The van der Waals surface area contributed by atoms with E-state index in [2.05, 4.69) is 24.8 Å². The fourth-order valence-corrected chi connectivity index (χ4v) is 3.08. The fourth-order valence-electron chi connectivity index (χ4n) is 2.42. The van der Waals surface area contributed by atoms with Gasteiger partial charge in [-0.15, -0.1) is 0 Å². The molecule has 0 saturated heterocycles. The van der Waals surface area contributed by atoms with Crippen molar-refractivity contribution in [2.45, 2.75) is 4.90 Å². The van der Waals surface area contributed by atoms with Crippen molar-refractivity contribution in [1.29, 1.82) is 0 Å². The minimum Gasteiger partial charge on any atom is -0.480 e. The van der Waals surface area contributed by atoms with Gasteiger partial charge >= 0.3 is 0 Å². The molecule has 0 aliphatic heterocycles. The van der Waals surface area contributed by atoms with Crippen molar-refractivity contribution in [3.63, 3.8) is 0 Å². The second-order valence-electron chi connectivity index (χ2n) is 5.60. The van der Waals surface area contributed by atoms with Crippen LogP contribution < -0.4 is 15.2 Å². The maximum Gasteiger partial charge on any atom is 0.252 e. The molecule has 0 aliphatic rings. The van der Waals surface area contributed by atoms with E-state index < -0.39 is 11.6 Å². The summed E-state index contributed by atoms with van der Waals surface area (Å²) in [6, 6.07) is 5.06. The molecule has 4 rings (SSSR count). The Labute approximate surface area is 161 Å². The molecule has 4 aromatic rings. The van der Waals surface area contributed by atoms with Gasteiger partial charge in [0.2, 0.25) is 5.88 Å². The molecule has 0 atom stereocenters. The molecule has 0 aliphatic carbocycles. The Morgan fingerprint density at radius 3 is 2.71 bits per heavy atom. The van der Waals surface area contributed by atoms with Crippen molar-refractivity contribution in [3.05, 3.63) is 54.5 Å². The summed E-state index contributed by atoms with van der Waals surface area (Å²) in [6.45, 7) is 0. The highest BCUT2D eigenvalue weighted by atomic mass is 32.2. The van der Waals surface area contributed by atoms with E-state index in [1.807, 2.05) is 0 Å². The van der Waals surface area contributed by atoms with Crippen LogP contribution in [0.15, 0.2) is 47.8 Å². The summed E-state index contributed by atoms with van der Waals surface area (Å²) in [5.74, 6) is -0.284. The summed E-state index contributed by atoms with van der Waals surface area (Å²) >= 11 is 0.966. The first-order chi connectivity index (χ1) is 13.5. The van der Waals surface area contributed by atoms with Gasteiger partial charge in [-0.2, -0.15) is 9.61 Å². The monoisotopic (exact) mass is 401 g/mol. The highest BCUT2D eigenvalue weighted by Crippen LogP contribution is 2.32. The first-order valence-corrected chi connectivity index (χ1v) is 8.75. The lowest BCUT2D eigenvalue weighted by molar-refractivity contribution is 0.400. The van der Waals surface area contributed by atoms with Crippen molar-refractivity contribution in [1.82, 2.24) is 24.6 Å². The predicted molar refractivity (Wildman–Crippen MR) is 101 cm³/mol. The lowest BCUT2D eigenvalue weighted by Gasteiger charge is -2.11. The van der Waals surface area contributed by atoms with Gasteiger partial charge in [0.15, 0.2) is 0 Å². The number of rotatable bonds is 5. The minimum absolute atomic E-state index is 0.223. The predicted octanol–water partition coefficient (Wildman–Crippen LogP) is 3.17. The molecule has 0 saturated carbocycles. The van der Waals surface area contributed by atoms with Gasteiger partial charge in [0.1, 0.15) is 28.8 Å². The number of hydrogen-bond donors (Lipinski definition) is 2. The smallest absolute Gasteiger partial charge is 0.252 e. The van der Waals surface area contributed by atoms with E-state index in [1.54, 1.807) is 18.5 Å². The number of ether oxygens (including phenoxy) is 1. The highest BCUT2D eigenvalue weighted by molar-refractivity contribution is 8.00. The summed E-state index contributed by atoms with van der Waals surface area (Å²) in [5.41, 5.74) is 7.44. The SMILES string of the molecule is COc1ncc(-c2cnc3ncc(N)n3n2)cc1NSc1ccc(F)cc1F. The maximum atomic E-state index is 13.8. The third kappa shape index (κ3) is 3.39. The van der Waals surface area contributed by atoms with Crippen LogP contribution in [0.3, 0.4) is 0 Å². The first kappa shape index (κ1) is 17.9. The highest BCUT2D eigenvalue weighted by Gasteiger charge is 2.12. The summed E-state index contributed by atoms with van der Waals surface area (Å²) in [6.07, 6.45) is 4.57. The van der Waals surface area contributed by atoms with Crippen molar-refractivity contribution < 1.29 is 13.5 Å². The molecule has 0 unspecified atom stereocenters. The average molecular weight is 401 g/mol. The largest absolute Gasteiger partial charge is 0.480 e. The first-order valence-electron chi connectivity index (χ1n) is 7.93. The van der Waals surface area contributed by atoms with Crippen molar-refractivity contribution >= 4 is 29.2 Å². The minimum atomic E-state index is -0.674. The van der Waals surface area contributed by atoms with E-state index in [0.29, 0.717) is 34.4 Å². The Morgan fingerprint density at radius 2 is 1.93 bits per heavy atom. The van der Waals surface area contributed by atoms with Gasteiger partial charge in [-0.25, -0.2) is 23.7 Å². The van der Waals surface area contributed by atoms with Crippen LogP contribution in [-0.4, -0.2) is 31.7 Å². The standard InChI is InChI=1S/C17H13F2N7OS/c1-27-16-12(25-28-14-3-2-10(18)5-11(14)19)4-9(6-21-16)13-7-22-17-23-8-15(20)26(17)24-13/h2-8,25H,20H2,1H3. The van der Waals surface area contributed by atoms with Gasteiger partial charge < -0.3 is 15.2 Å². The van der Waals surface area contributed by atoms with Crippen LogP contribution in [0.25, 0.3) is 17.0 Å². The Kier molecular flexibility index (Phi) is 4.65. The topological polar surface area (TPSA) is 103 Å². The molecular formula is C17H13F2N7OS. The number of imidazole rings is 1. The van der Waals surface area contributed by atoms with Crippen molar-refractivity contribution in [2.24, 2.45) is 0 Å². The van der Waals surface area contributed by atoms with Gasteiger partial charge in [0.25, 0.3) is 5.78 Å². The van der Waals surface area contributed by atoms with E-state index in [0.717, 1.165) is 18.0 Å². The maximum absolute atomic E-state index is 13.8. The quantitative estimate of drug-likeness (QED) is 0.492. The summed E-state index contributed by atoms with van der Waals surface area (Å²) < 4.78 is 36.5. The van der Waals surface area contributed by atoms with Gasteiger partial charge in [0.05, 0.1) is 24.4 Å². The van der Waals surface area contributed by atoms with Crippen molar-refractivity contribution in [3.8, 4) is 17.1 Å². The van der Waals surface area contributed by atoms with Crippen molar-refractivity contribution in [2.75, 3.05) is 17.6 Å². The second kappa shape index (κ2) is 7.27. The normalized spacial score (nSPS) is 11.0. The van der Waals surface area contributed by atoms with Crippen LogP contribution >= 0.6 is 11.9 Å². The molecule has 0 amide bonds. The number of aromatic nitrogens is 5. The molecule has 0 bridgehead atoms. The van der Waals surface area contributed by atoms with E-state index in [1.165, 1.54) is 30.0 Å². The molecule has 3 N–H and O–H groups in total. The molecule has 3 aromatic heterocycles. The third-order valence-electron chi connectivity index (χ3n) is 3.76. The molecule has 0 spiro atoms. The number of nitrogens with two attached hydrogens (primary N) is 1. The van der Waals surface area contributed by atoms with E-state index >= 15 is 0 Å². The Hall–Kier alpha value is -3.47. The van der Waals surface area contributed by atoms with E-state index in [9.17, 15) is 8.78 Å². The zero-order chi connectivity index (χ0) is 19.7. The zero-order valence-electron chi connectivity index (χ0n) is 14.4. The summed E-state index contributed by atoms with van der Waals surface area (Å²) in [7, 11) is 1.47. The molecule has 11 heteroatoms. The molecule has 3 heterocycles. The van der Waals surface area contributed by atoms with Crippen LogP contribution in [0.5, 0.6) is 5.88 Å². The van der Waals surface area contributed by atoms with E-state index in [4.69, 9.17) is 10.5 Å². The Balaban J connectivity index is 1.65. The molecule has 0 fully saturated rings. The lowest BCUT2D eigenvalue weighted by atomic mass is 10.2. The summed E-state index contributed by atoms with van der Waals surface area (Å²) in [5, 5.41) is 4.39. The molecular weight excluding hydrogens is 388 g/mol. The van der Waals surface area contributed by atoms with Gasteiger partial charge in [-0.05, 0) is 30.1 Å². The molecule has 1 aromatic carbocycles. The van der Waals surface area contributed by atoms with Gasteiger partial charge in [-0.3, -0.25) is 0 Å². The van der Waals surface area contributed by atoms with Gasteiger partial charge in [-0.1, -0.05) is 0 Å². The number of fused-ring (bicyclic) bond motifs is 1. The van der Waals surface area contributed by atoms with Crippen LogP contribution in [0.1, 0.15) is 0 Å². The number of nitrogen functional groups attached to an aromatic ring is 1. The number of nitrogens with zero attached hydrogens (tertiary/aromatic N) is 5. The number of nitrogens with one attached hydrogen (secondary N) is 1. The van der Waals surface area contributed by atoms with Gasteiger partial charge in [0, 0.05) is 17.8 Å². The van der Waals surface area contributed by atoms with Crippen LogP contribution in [0.4, 0.5) is 20.3 Å². The van der Waals surface area contributed by atoms with Crippen LogP contribution in [0.2, 0.25) is 0 Å². The zero-order valence-corrected chi connectivity index (χ0v) is 15.2. The third-order valence-corrected chi connectivity index (χ3v) is 4.63. The Morgan fingerprint density at radius 1 is 1.11 bits per heavy atom.